The second kappa shape index (κ2) is 7.58. The zero-order valence-electron chi connectivity index (χ0n) is 15.0. The highest BCUT2D eigenvalue weighted by molar-refractivity contribution is 5.81. The predicted molar refractivity (Wildman–Crippen MR) is 96.3 cm³/mol. The van der Waals surface area contributed by atoms with Gasteiger partial charge in [-0.2, -0.15) is 0 Å². The lowest BCUT2D eigenvalue weighted by Crippen LogP contribution is -3.06. The van der Waals surface area contributed by atoms with Crippen molar-refractivity contribution in [1.29, 1.82) is 0 Å². The molecule has 1 heterocycles. The number of rotatable bonds is 6. The molecule has 26 heavy (non-hydrogen) atoms. The maximum atomic E-state index is 13.9. The molecule has 2 aromatic carbocycles. The first-order chi connectivity index (χ1) is 12.5. The Morgan fingerprint density at radius 3 is 2.54 bits per heavy atom. The average Bonchev–Trinajstić information content (AvgIpc) is 2.61. The van der Waals surface area contributed by atoms with Crippen molar-refractivity contribution >= 4 is 11.0 Å². The molecule has 1 aromatic heterocycles. The summed E-state index contributed by atoms with van der Waals surface area (Å²) in [5.74, 6) is 0.481. The fourth-order valence-electron chi connectivity index (χ4n) is 3.04. The van der Waals surface area contributed by atoms with E-state index in [-0.39, 0.29) is 11.6 Å². The first kappa shape index (κ1) is 17.9. The molecular formula is C20H21FNO4+. The van der Waals surface area contributed by atoms with E-state index in [1.54, 1.807) is 19.2 Å². The lowest BCUT2D eigenvalue weighted by molar-refractivity contribution is -0.907. The SMILES string of the molecule is COc1ccc2c(C[NH+](C)Cc3ccc(OC)c(F)c3)cc(=O)oc2c1. The van der Waals surface area contributed by atoms with E-state index in [1.807, 2.05) is 25.2 Å². The number of nitrogens with one attached hydrogen (secondary N) is 1. The fourth-order valence-corrected chi connectivity index (χ4v) is 3.04. The fraction of sp³-hybridized carbons (Fsp3) is 0.250. The van der Waals surface area contributed by atoms with Gasteiger partial charge in [-0.3, -0.25) is 0 Å². The van der Waals surface area contributed by atoms with Gasteiger partial charge >= 0.3 is 5.63 Å². The number of fused-ring (bicyclic) bond motifs is 1. The maximum Gasteiger partial charge on any atom is 0.336 e. The van der Waals surface area contributed by atoms with Crippen molar-refractivity contribution in [3.05, 3.63) is 69.8 Å². The van der Waals surface area contributed by atoms with E-state index < -0.39 is 5.63 Å². The van der Waals surface area contributed by atoms with Gasteiger partial charge in [-0.05, 0) is 30.3 Å². The van der Waals surface area contributed by atoms with Gasteiger partial charge in [0, 0.05) is 28.6 Å². The van der Waals surface area contributed by atoms with Crippen LogP contribution in [0.2, 0.25) is 0 Å². The van der Waals surface area contributed by atoms with E-state index in [9.17, 15) is 9.18 Å². The summed E-state index contributed by atoms with van der Waals surface area (Å²) in [6, 6.07) is 11.9. The molecule has 0 spiro atoms. The van der Waals surface area contributed by atoms with Crippen LogP contribution in [0.15, 0.2) is 51.7 Å². The molecule has 1 atom stereocenters. The van der Waals surface area contributed by atoms with Gasteiger partial charge in [0.1, 0.15) is 24.4 Å². The third-order valence-electron chi connectivity index (χ3n) is 4.25. The lowest BCUT2D eigenvalue weighted by Gasteiger charge is -2.15. The van der Waals surface area contributed by atoms with Crippen LogP contribution in [0.5, 0.6) is 11.5 Å². The Hall–Kier alpha value is -2.86. The third kappa shape index (κ3) is 3.86. The zero-order chi connectivity index (χ0) is 18.7. The van der Waals surface area contributed by atoms with Gasteiger partial charge in [0.2, 0.25) is 0 Å². The third-order valence-corrected chi connectivity index (χ3v) is 4.25. The van der Waals surface area contributed by atoms with Crippen molar-refractivity contribution in [3.8, 4) is 11.5 Å². The molecule has 3 aromatic rings. The first-order valence-corrected chi connectivity index (χ1v) is 8.24. The van der Waals surface area contributed by atoms with Crippen molar-refractivity contribution in [2.45, 2.75) is 13.1 Å². The number of quaternary nitrogens is 1. The monoisotopic (exact) mass is 358 g/mol. The smallest absolute Gasteiger partial charge is 0.336 e. The van der Waals surface area contributed by atoms with Gasteiger partial charge in [-0.25, -0.2) is 9.18 Å². The number of hydrogen-bond donors (Lipinski definition) is 1. The van der Waals surface area contributed by atoms with Crippen molar-refractivity contribution in [2.24, 2.45) is 0 Å². The second-order valence-corrected chi connectivity index (χ2v) is 6.23. The van der Waals surface area contributed by atoms with Gasteiger partial charge < -0.3 is 18.8 Å². The second-order valence-electron chi connectivity index (χ2n) is 6.23. The molecule has 1 N–H and O–H groups in total. The molecule has 0 saturated heterocycles. The van der Waals surface area contributed by atoms with Gasteiger partial charge in [-0.1, -0.05) is 0 Å². The minimum atomic E-state index is -0.399. The van der Waals surface area contributed by atoms with E-state index in [1.165, 1.54) is 19.2 Å². The molecule has 5 nitrogen and oxygen atoms in total. The quantitative estimate of drug-likeness (QED) is 0.686. The summed E-state index contributed by atoms with van der Waals surface area (Å²) >= 11 is 0. The van der Waals surface area contributed by atoms with Crippen molar-refractivity contribution in [3.63, 3.8) is 0 Å². The Kier molecular flexibility index (Phi) is 5.23. The van der Waals surface area contributed by atoms with Gasteiger partial charge in [0.05, 0.1) is 21.3 Å². The highest BCUT2D eigenvalue weighted by atomic mass is 19.1. The number of methoxy groups -OCH3 is 2. The van der Waals surface area contributed by atoms with E-state index in [4.69, 9.17) is 13.9 Å². The summed E-state index contributed by atoms with van der Waals surface area (Å²) in [4.78, 5) is 13.0. The largest absolute Gasteiger partial charge is 0.497 e. The van der Waals surface area contributed by atoms with E-state index in [2.05, 4.69) is 0 Å². The summed E-state index contributed by atoms with van der Waals surface area (Å²) in [5.41, 5.74) is 1.83. The zero-order valence-corrected chi connectivity index (χ0v) is 15.0. The molecule has 0 aliphatic carbocycles. The van der Waals surface area contributed by atoms with Crippen LogP contribution in [0.1, 0.15) is 11.1 Å². The molecule has 0 amide bonds. The van der Waals surface area contributed by atoms with E-state index >= 15 is 0 Å². The molecule has 0 fully saturated rings. The van der Waals surface area contributed by atoms with Crippen LogP contribution in [-0.4, -0.2) is 21.3 Å². The van der Waals surface area contributed by atoms with E-state index in [0.717, 1.165) is 21.4 Å². The van der Waals surface area contributed by atoms with Crippen LogP contribution < -0.4 is 20.0 Å². The van der Waals surface area contributed by atoms with Crippen LogP contribution in [0.4, 0.5) is 4.39 Å². The van der Waals surface area contributed by atoms with Crippen LogP contribution in [0, 0.1) is 5.82 Å². The highest BCUT2D eigenvalue weighted by Gasteiger charge is 2.13. The van der Waals surface area contributed by atoms with Crippen LogP contribution in [0.3, 0.4) is 0 Å². The molecule has 136 valence electrons. The summed E-state index contributed by atoms with van der Waals surface area (Å²) in [6.45, 7) is 1.21. The minimum absolute atomic E-state index is 0.229. The Balaban J connectivity index is 1.84. The minimum Gasteiger partial charge on any atom is -0.497 e. The van der Waals surface area contributed by atoms with Crippen LogP contribution in [0.25, 0.3) is 11.0 Å². The van der Waals surface area contributed by atoms with Gasteiger partial charge in [-0.15, -0.1) is 0 Å². The molecule has 0 saturated carbocycles. The number of hydrogen-bond acceptors (Lipinski definition) is 4. The summed E-state index contributed by atoms with van der Waals surface area (Å²) < 4.78 is 29.3. The Morgan fingerprint density at radius 2 is 1.85 bits per heavy atom. The van der Waals surface area contributed by atoms with Crippen LogP contribution >= 0.6 is 0 Å². The predicted octanol–water partition coefficient (Wildman–Crippen LogP) is 2.16. The van der Waals surface area contributed by atoms with Gasteiger partial charge in [0.25, 0.3) is 0 Å². The normalized spacial score (nSPS) is 12.2. The summed E-state index contributed by atoms with van der Waals surface area (Å²) in [7, 11) is 5.00. The molecule has 0 aliphatic rings. The molecule has 6 heteroatoms. The summed E-state index contributed by atoms with van der Waals surface area (Å²) in [6.07, 6.45) is 0. The van der Waals surface area contributed by atoms with Crippen molar-refractivity contribution in [2.75, 3.05) is 21.3 Å². The summed E-state index contributed by atoms with van der Waals surface area (Å²) in [5, 5.41) is 0.866. The molecule has 0 bridgehead atoms. The topological polar surface area (TPSA) is 53.1 Å². The Bertz CT molecular complexity index is 983. The number of halogens is 1. The average molecular weight is 358 g/mol. The molecule has 3 rings (SSSR count). The lowest BCUT2D eigenvalue weighted by atomic mass is 10.1. The number of ether oxygens (including phenoxy) is 2. The number of benzene rings is 2. The molecule has 0 aliphatic heterocycles. The van der Waals surface area contributed by atoms with Gasteiger partial charge in [0.15, 0.2) is 11.6 Å². The first-order valence-electron chi connectivity index (χ1n) is 8.24. The van der Waals surface area contributed by atoms with E-state index in [0.29, 0.717) is 24.4 Å². The molecule has 0 radical (unpaired) electrons. The molecule has 1 unspecified atom stereocenters. The highest BCUT2D eigenvalue weighted by Crippen LogP contribution is 2.22. The Morgan fingerprint density at radius 1 is 1.04 bits per heavy atom. The van der Waals surface area contributed by atoms with Crippen molar-refractivity contribution < 1.29 is 23.2 Å². The standard InChI is InChI=1S/C20H20FNO4/c1-22(11-13-4-7-18(25-3)17(21)8-13)12-14-9-20(23)26-19-10-15(24-2)5-6-16(14)19/h4-10H,11-12H2,1-3H3/p+1. The maximum absolute atomic E-state index is 13.9. The van der Waals surface area contributed by atoms with Crippen LogP contribution in [-0.2, 0) is 13.1 Å². The Labute approximate surface area is 150 Å². The molecular weight excluding hydrogens is 337 g/mol. The van der Waals surface area contributed by atoms with Crippen molar-refractivity contribution in [1.82, 2.24) is 0 Å².